The second-order valence-corrected chi connectivity index (χ2v) is 5.32. The molecule has 0 spiro atoms. The lowest BCUT2D eigenvalue weighted by Gasteiger charge is -2.35. The van der Waals surface area contributed by atoms with Crippen LogP contribution in [0.5, 0.6) is 0 Å². The normalized spacial score (nSPS) is 30.5. The van der Waals surface area contributed by atoms with Crippen molar-refractivity contribution in [1.82, 2.24) is 10.2 Å². The molecule has 1 heterocycles. The summed E-state index contributed by atoms with van der Waals surface area (Å²) in [6.45, 7) is 0.991. The minimum absolute atomic E-state index is 0.0675. The fourth-order valence-corrected chi connectivity index (χ4v) is 2.54. The van der Waals surface area contributed by atoms with E-state index < -0.39 is 0 Å². The van der Waals surface area contributed by atoms with Crippen molar-refractivity contribution in [3.05, 3.63) is 0 Å². The van der Waals surface area contributed by atoms with E-state index in [-0.39, 0.29) is 24.4 Å². The van der Waals surface area contributed by atoms with Crippen LogP contribution in [0.2, 0.25) is 0 Å². The van der Waals surface area contributed by atoms with E-state index in [0.29, 0.717) is 5.92 Å². The van der Waals surface area contributed by atoms with Crippen molar-refractivity contribution in [2.45, 2.75) is 38.1 Å². The van der Waals surface area contributed by atoms with Crippen LogP contribution in [0.15, 0.2) is 0 Å². The molecule has 4 nitrogen and oxygen atoms in total. The van der Waals surface area contributed by atoms with Crippen LogP contribution in [-0.4, -0.2) is 35.8 Å². The molecule has 16 heavy (non-hydrogen) atoms. The largest absolute Gasteiger partial charge is 0.345 e. The fourth-order valence-electron chi connectivity index (χ4n) is 2.54. The van der Waals surface area contributed by atoms with Gasteiger partial charge in [0.05, 0.1) is 6.54 Å². The Balaban J connectivity index is 1.67. The third-order valence-corrected chi connectivity index (χ3v) is 3.88. The number of nitrogens with zero attached hydrogens (tertiary/aromatic N) is 1. The molecule has 1 atom stereocenters. The van der Waals surface area contributed by atoms with Gasteiger partial charge in [-0.05, 0) is 31.1 Å². The highest BCUT2D eigenvalue weighted by Gasteiger charge is 2.44. The Kier molecular flexibility index (Phi) is 2.37. The quantitative estimate of drug-likeness (QED) is 0.754. The molecule has 1 aliphatic heterocycles. The van der Waals surface area contributed by atoms with Gasteiger partial charge >= 0.3 is 0 Å². The smallest absolute Gasteiger partial charge is 0.243 e. The molecule has 2 aliphatic carbocycles. The van der Waals surface area contributed by atoms with E-state index >= 15 is 0 Å². The van der Waals surface area contributed by atoms with Gasteiger partial charge in [0.2, 0.25) is 11.8 Å². The number of nitrogens with one attached hydrogen (secondary N) is 1. The van der Waals surface area contributed by atoms with Gasteiger partial charge in [0.25, 0.3) is 0 Å². The number of carbonyl (C=O) groups excluding carboxylic acids is 2. The highest BCUT2D eigenvalue weighted by Crippen LogP contribution is 2.38. The number of hydrogen-bond acceptors (Lipinski definition) is 2. The van der Waals surface area contributed by atoms with Gasteiger partial charge in [-0.25, -0.2) is 0 Å². The van der Waals surface area contributed by atoms with Crippen LogP contribution in [0.4, 0.5) is 0 Å². The lowest BCUT2D eigenvalue weighted by Crippen LogP contribution is -2.59. The van der Waals surface area contributed by atoms with Crippen molar-refractivity contribution in [2.24, 2.45) is 11.8 Å². The van der Waals surface area contributed by atoms with E-state index in [0.717, 1.165) is 31.7 Å². The Hall–Kier alpha value is -1.06. The Bertz CT molecular complexity index is 321. The van der Waals surface area contributed by atoms with Crippen LogP contribution in [-0.2, 0) is 9.59 Å². The van der Waals surface area contributed by atoms with Gasteiger partial charge in [-0.3, -0.25) is 9.59 Å². The van der Waals surface area contributed by atoms with Crippen molar-refractivity contribution in [1.29, 1.82) is 0 Å². The highest BCUT2D eigenvalue weighted by atomic mass is 16.2. The van der Waals surface area contributed by atoms with Crippen LogP contribution >= 0.6 is 0 Å². The molecule has 1 N–H and O–H groups in total. The van der Waals surface area contributed by atoms with E-state index in [1.807, 2.05) is 4.90 Å². The molecule has 88 valence electrons. The third-order valence-electron chi connectivity index (χ3n) is 3.88. The van der Waals surface area contributed by atoms with Gasteiger partial charge < -0.3 is 10.2 Å². The summed E-state index contributed by atoms with van der Waals surface area (Å²) >= 11 is 0. The average Bonchev–Trinajstić information content (AvgIpc) is 3.13. The molecule has 3 fully saturated rings. The lowest BCUT2D eigenvalue weighted by atomic mass is 10.1. The monoisotopic (exact) mass is 222 g/mol. The van der Waals surface area contributed by atoms with Crippen molar-refractivity contribution < 1.29 is 9.59 Å². The van der Waals surface area contributed by atoms with E-state index in [4.69, 9.17) is 0 Å². The summed E-state index contributed by atoms with van der Waals surface area (Å²) in [4.78, 5) is 25.5. The first-order valence-electron chi connectivity index (χ1n) is 6.33. The molecule has 1 unspecified atom stereocenters. The maximum Gasteiger partial charge on any atom is 0.243 e. The summed E-state index contributed by atoms with van der Waals surface area (Å²) in [5.41, 5.74) is 0. The SMILES string of the molecule is O=C1NCC(=O)N(CCC2CC2)C1C1CC1. The fraction of sp³-hybridized carbons (Fsp3) is 0.833. The second kappa shape index (κ2) is 3.75. The third kappa shape index (κ3) is 1.93. The first-order valence-corrected chi connectivity index (χ1v) is 6.33. The van der Waals surface area contributed by atoms with Gasteiger partial charge in [-0.15, -0.1) is 0 Å². The van der Waals surface area contributed by atoms with Crippen LogP contribution in [0.3, 0.4) is 0 Å². The molecule has 0 aromatic heterocycles. The first kappa shape index (κ1) is 10.1. The first-order chi connectivity index (χ1) is 7.75. The standard InChI is InChI=1S/C12H18N2O2/c15-10-7-13-12(16)11(9-3-4-9)14(10)6-5-8-1-2-8/h8-9,11H,1-7H2,(H,13,16). The van der Waals surface area contributed by atoms with E-state index in [2.05, 4.69) is 5.32 Å². The summed E-state index contributed by atoms with van der Waals surface area (Å²) < 4.78 is 0. The van der Waals surface area contributed by atoms with Crippen molar-refractivity contribution in [3.8, 4) is 0 Å². The van der Waals surface area contributed by atoms with Gasteiger partial charge in [-0.2, -0.15) is 0 Å². The lowest BCUT2D eigenvalue weighted by molar-refractivity contribution is -0.146. The van der Waals surface area contributed by atoms with Crippen LogP contribution in [0, 0.1) is 11.8 Å². The summed E-state index contributed by atoms with van der Waals surface area (Å²) in [7, 11) is 0. The molecule has 3 rings (SSSR count). The minimum Gasteiger partial charge on any atom is -0.345 e. The summed E-state index contributed by atoms with van der Waals surface area (Å²) in [6.07, 6.45) is 5.91. The predicted molar refractivity (Wildman–Crippen MR) is 58.6 cm³/mol. The van der Waals surface area contributed by atoms with Crippen molar-refractivity contribution in [3.63, 3.8) is 0 Å². The zero-order valence-electron chi connectivity index (χ0n) is 9.45. The minimum atomic E-state index is -0.153. The molecule has 0 bridgehead atoms. The molecular weight excluding hydrogens is 204 g/mol. The Labute approximate surface area is 95.4 Å². The van der Waals surface area contributed by atoms with E-state index in [1.165, 1.54) is 12.8 Å². The van der Waals surface area contributed by atoms with Crippen molar-refractivity contribution in [2.75, 3.05) is 13.1 Å². The molecule has 2 amide bonds. The molecule has 0 aromatic carbocycles. The molecular formula is C12H18N2O2. The number of amides is 2. The number of carbonyl (C=O) groups is 2. The van der Waals surface area contributed by atoms with Gasteiger partial charge in [0.15, 0.2) is 0 Å². The molecule has 0 aromatic rings. The molecule has 4 heteroatoms. The highest BCUT2D eigenvalue weighted by molar-refractivity contribution is 5.95. The number of rotatable bonds is 4. The van der Waals surface area contributed by atoms with E-state index in [1.54, 1.807) is 0 Å². The average molecular weight is 222 g/mol. The van der Waals surface area contributed by atoms with Gasteiger partial charge in [0.1, 0.15) is 6.04 Å². The number of hydrogen-bond donors (Lipinski definition) is 1. The van der Waals surface area contributed by atoms with Gasteiger partial charge in [-0.1, -0.05) is 12.8 Å². The summed E-state index contributed by atoms with van der Waals surface area (Å²) in [6, 6.07) is -0.153. The van der Waals surface area contributed by atoms with Crippen LogP contribution in [0.1, 0.15) is 32.1 Å². The zero-order valence-corrected chi connectivity index (χ0v) is 9.45. The predicted octanol–water partition coefficient (Wildman–Crippen LogP) is 0.523. The number of piperazine rings is 1. The molecule has 0 radical (unpaired) electrons. The van der Waals surface area contributed by atoms with E-state index in [9.17, 15) is 9.59 Å². The molecule has 3 aliphatic rings. The topological polar surface area (TPSA) is 49.4 Å². The Morgan fingerprint density at radius 3 is 2.56 bits per heavy atom. The molecule has 1 saturated heterocycles. The maximum absolute atomic E-state index is 11.8. The molecule has 2 saturated carbocycles. The Morgan fingerprint density at radius 1 is 1.19 bits per heavy atom. The Morgan fingerprint density at radius 2 is 1.94 bits per heavy atom. The van der Waals surface area contributed by atoms with Crippen LogP contribution < -0.4 is 5.32 Å². The summed E-state index contributed by atoms with van der Waals surface area (Å²) in [5.74, 6) is 1.43. The maximum atomic E-state index is 11.8. The zero-order chi connectivity index (χ0) is 11.1. The van der Waals surface area contributed by atoms with Crippen LogP contribution in [0.25, 0.3) is 0 Å². The van der Waals surface area contributed by atoms with Crippen molar-refractivity contribution >= 4 is 11.8 Å². The summed E-state index contributed by atoms with van der Waals surface area (Å²) in [5, 5.41) is 2.71. The van der Waals surface area contributed by atoms with Gasteiger partial charge in [0, 0.05) is 6.54 Å². The second-order valence-electron chi connectivity index (χ2n) is 5.32.